The fraction of sp³-hybridized carbons (Fsp3) is 0.647. The molecule has 0 aliphatic heterocycles. The average molecular weight is 342 g/mol. The zero-order valence-electron chi connectivity index (χ0n) is 13.8. The molecule has 0 amide bonds. The van der Waals surface area contributed by atoms with Gasteiger partial charge in [-0.3, -0.25) is 0 Å². The summed E-state index contributed by atoms with van der Waals surface area (Å²) in [4.78, 5) is 0. The highest BCUT2D eigenvalue weighted by Gasteiger charge is 2.19. The minimum atomic E-state index is 0.113. The van der Waals surface area contributed by atoms with Crippen LogP contribution in [0.3, 0.4) is 0 Å². The van der Waals surface area contributed by atoms with Crippen LogP contribution >= 0.6 is 15.9 Å². The van der Waals surface area contributed by atoms with Crippen molar-refractivity contribution in [2.75, 3.05) is 6.54 Å². The lowest BCUT2D eigenvalue weighted by molar-refractivity contribution is 0.139. The van der Waals surface area contributed by atoms with Crippen LogP contribution in [0.25, 0.3) is 0 Å². The van der Waals surface area contributed by atoms with E-state index in [9.17, 15) is 0 Å². The topological polar surface area (TPSA) is 21.3 Å². The first-order valence-corrected chi connectivity index (χ1v) is 8.08. The summed E-state index contributed by atoms with van der Waals surface area (Å²) in [5.74, 6) is 1.42. The van der Waals surface area contributed by atoms with E-state index >= 15 is 0 Å². The fourth-order valence-electron chi connectivity index (χ4n) is 1.97. The van der Waals surface area contributed by atoms with Gasteiger partial charge in [0, 0.05) is 16.6 Å². The highest BCUT2D eigenvalue weighted by atomic mass is 79.9. The lowest BCUT2D eigenvalue weighted by Gasteiger charge is -2.28. The number of benzene rings is 1. The van der Waals surface area contributed by atoms with Crippen molar-refractivity contribution in [1.82, 2.24) is 5.32 Å². The number of aryl methyl sites for hydroxylation is 2. The van der Waals surface area contributed by atoms with E-state index in [-0.39, 0.29) is 11.6 Å². The van der Waals surface area contributed by atoms with Gasteiger partial charge in [0.25, 0.3) is 0 Å². The van der Waals surface area contributed by atoms with E-state index in [1.807, 2.05) is 0 Å². The molecule has 1 rings (SSSR count). The van der Waals surface area contributed by atoms with E-state index in [1.165, 1.54) is 15.6 Å². The highest BCUT2D eigenvalue weighted by molar-refractivity contribution is 9.10. The smallest absolute Gasteiger partial charge is 0.120 e. The number of rotatable bonds is 5. The largest absolute Gasteiger partial charge is 0.489 e. The van der Waals surface area contributed by atoms with Crippen molar-refractivity contribution in [3.8, 4) is 5.75 Å². The van der Waals surface area contributed by atoms with Gasteiger partial charge in [-0.25, -0.2) is 0 Å². The standard InChI is InChI=1S/C17H28BrNO/c1-11(2)15(10-19-17(5,6)7)20-14-8-12(3)16(18)13(4)9-14/h8-9,11,15,19H,10H2,1-7H3. The molecule has 1 unspecified atom stereocenters. The molecule has 2 nitrogen and oxygen atoms in total. The molecule has 0 aliphatic rings. The summed E-state index contributed by atoms with van der Waals surface area (Å²) in [6.45, 7) is 16.0. The molecule has 1 N–H and O–H groups in total. The molecule has 0 heterocycles. The quantitative estimate of drug-likeness (QED) is 0.825. The SMILES string of the molecule is Cc1cc(OC(CNC(C)(C)C)C(C)C)cc(C)c1Br. The highest BCUT2D eigenvalue weighted by Crippen LogP contribution is 2.27. The Morgan fingerprint density at radius 2 is 1.65 bits per heavy atom. The summed E-state index contributed by atoms with van der Waals surface area (Å²) in [7, 11) is 0. The van der Waals surface area contributed by atoms with Crippen molar-refractivity contribution in [2.24, 2.45) is 5.92 Å². The molecule has 1 atom stereocenters. The van der Waals surface area contributed by atoms with Crippen LogP contribution < -0.4 is 10.1 Å². The average Bonchev–Trinajstić information content (AvgIpc) is 2.29. The van der Waals surface area contributed by atoms with Crippen molar-refractivity contribution in [2.45, 2.75) is 60.1 Å². The Hall–Kier alpha value is -0.540. The first-order chi connectivity index (χ1) is 9.10. The van der Waals surface area contributed by atoms with Crippen molar-refractivity contribution in [1.29, 1.82) is 0 Å². The van der Waals surface area contributed by atoms with E-state index in [2.05, 4.69) is 81.8 Å². The van der Waals surface area contributed by atoms with E-state index in [0.29, 0.717) is 5.92 Å². The van der Waals surface area contributed by atoms with E-state index < -0.39 is 0 Å². The van der Waals surface area contributed by atoms with Crippen LogP contribution in [0.15, 0.2) is 16.6 Å². The summed E-state index contributed by atoms with van der Waals surface area (Å²) < 4.78 is 7.37. The maximum absolute atomic E-state index is 6.20. The van der Waals surface area contributed by atoms with Crippen molar-refractivity contribution >= 4 is 15.9 Å². The summed E-state index contributed by atoms with van der Waals surface area (Å²) in [6, 6.07) is 4.20. The number of hydrogen-bond acceptors (Lipinski definition) is 2. The maximum atomic E-state index is 6.20. The van der Waals surface area contributed by atoms with Gasteiger partial charge in [-0.1, -0.05) is 29.8 Å². The molecule has 3 heteroatoms. The second-order valence-electron chi connectivity index (χ2n) is 6.90. The Morgan fingerprint density at radius 3 is 2.05 bits per heavy atom. The van der Waals surface area contributed by atoms with Crippen LogP contribution in [0.4, 0.5) is 0 Å². The van der Waals surface area contributed by atoms with Crippen LogP contribution in [0.5, 0.6) is 5.75 Å². The Morgan fingerprint density at radius 1 is 1.15 bits per heavy atom. The van der Waals surface area contributed by atoms with Gasteiger partial charge in [0.15, 0.2) is 0 Å². The molecule has 0 saturated carbocycles. The Kier molecular flexibility index (Phi) is 6.08. The molecule has 1 aromatic rings. The maximum Gasteiger partial charge on any atom is 0.120 e. The molecule has 0 fully saturated rings. The zero-order valence-corrected chi connectivity index (χ0v) is 15.4. The number of hydrogen-bond donors (Lipinski definition) is 1. The molecule has 114 valence electrons. The van der Waals surface area contributed by atoms with Crippen LogP contribution in [0.1, 0.15) is 45.7 Å². The molecule has 1 aromatic carbocycles. The molecule has 0 saturated heterocycles. The third-order valence-electron chi connectivity index (χ3n) is 3.27. The number of nitrogens with one attached hydrogen (secondary N) is 1. The molecule has 0 aliphatic carbocycles. The van der Waals surface area contributed by atoms with Gasteiger partial charge in [0.1, 0.15) is 11.9 Å². The van der Waals surface area contributed by atoms with E-state index in [1.54, 1.807) is 0 Å². The second kappa shape index (κ2) is 6.95. The Bertz CT molecular complexity index is 426. The summed E-state index contributed by atoms with van der Waals surface area (Å²) in [5.41, 5.74) is 2.54. The normalized spacial score (nSPS) is 13.7. The lowest BCUT2D eigenvalue weighted by Crippen LogP contribution is -2.44. The van der Waals surface area contributed by atoms with E-state index in [4.69, 9.17) is 4.74 Å². The molecular weight excluding hydrogens is 314 g/mol. The van der Waals surface area contributed by atoms with Gasteiger partial charge in [0.2, 0.25) is 0 Å². The Labute approximate surface area is 132 Å². The first-order valence-electron chi connectivity index (χ1n) is 7.28. The summed E-state index contributed by atoms with van der Waals surface area (Å²) >= 11 is 3.60. The minimum Gasteiger partial charge on any atom is -0.489 e. The van der Waals surface area contributed by atoms with Crippen molar-refractivity contribution < 1.29 is 4.74 Å². The molecule has 0 spiro atoms. The zero-order chi connectivity index (χ0) is 15.5. The lowest BCUT2D eigenvalue weighted by atomic mass is 10.0. The first kappa shape index (κ1) is 17.5. The van der Waals surface area contributed by atoms with Crippen LogP contribution in [-0.4, -0.2) is 18.2 Å². The fourth-order valence-corrected chi connectivity index (χ4v) is 2.20. The van der Waals surface area contributed by atoms with Gasteiger partial charge in [-0.05, 0) is 63.8 Å². The third-order valence-corrected chi connectivity index (χ3v) is 4.53. The summed E-state index contributed by atoms with van der Waals surface area (Å²) in [6.07, 6.45) is 0.175. The second-order valence-corrected chi connectivity index (χ2v) is 7.70. The van der Waals surface area contributed by atoms with Crippen molar-refractivity contribution in [3.63, 3.8) is 0 Å². The molecular formula is C17H28BrNO. The molecule has 0 bridgehead atoms. The van der Waals surface area contributed by atoms with Gasteiger partial charge >= 0.3 is 0 Å². The van der Waals surface area contributed by atoms with E-state index in [0.717, 1.165) is 12.3 Å². The van der Waals surface area contributed by atoms with Gasteiger partial charge in [-0.2, -0.15) is 0 Å². The van der Waals surface area contributed by atoms with Gasteiger partial charge in [-0.15, -0.1) is 0 Å². The molecule has 0 aromatic heterocycles. The molecule has 0 radical (unpaired) electrons. The van der Waals surface area contributed by atoms with Crippen LogP contribution in [-0.2, 0) is 0 Å². The minimum absolute atomic E-state index is 0.113. The predicted octanol–water partition coefficient (Wildman–Crippen LogP) is 4.86. The predicted molar refractivity (Wildman–Crippen MR) is 90.6 cm³/mol. The van der Waals surface area contributed by atoms with Crippen molar-refractivity contribution in [3.05, 3.63) is 27.7 Å². The molecule has 20 heavy (non-hydrogen) atoms. The van der Waals surface area contributed by atoms with Crippen LogP contribution in [0.2, 0.25) is 0 Å². The third kappa shape index (κ3) is 5.45. The van der Waals surface area contributed by atoms with Gasteiger partial charge in [0.05, 0.1) is 0 Å². The number of ether oxygens (including phenoxy) is 1. The van der Waals surface area contributed by atoms with Gasteiger partial charge < -0.3 is 10.1 Å². The number of halogens is 1. The monoisotopic (exact) mass is 341 g/mol. The summed E-state index contributed by atoms with van der Waals surface area (Å²) in [5, 5.41) is 3.53. The van der Waals surface area contributed by atoms with Crippen LogP contribution in [0, 0.1) is 19.8 Å². The Balaban J connectivity index is 2.81.